The Morgan fingerprint density at radius 2 is 1.89 bits per heavy atom. The highest BCUT2D eigenvalue weighted by Gasteiger charge is 2.33. The van der Waals surface area contributed by atoms with E-state index < -0.39 is 21.9 Å². The van der Waals surface area contributed by atoms with Gasteiger partial charge in [0.05, 0.1) is 10.6 Å². The van der Waals surface area contributed by atoms with E-state index in [1.54, 1.807) is 6.07 Å². The summed E-state index contributed by atoms with van der Waals surface area (Å²) in [6.07, 6.45) is -4.56. The minimum Gasteiger partial charge on any atom is -0.454 e. The molecule has 142 valence electrons. The number of anilines is 1. The average molecular weight is 417 g/mol. The molecule has 2 N–H and O–H groups in total. The Balaban J connectivity index is 1.57. The highest BCUT2D eigenvalue weighted by molar-refractivity contribution is 7.94. The number of rotatable bonds is 4. The zero-order chi connectivity index (χ0) is 19.2. The van der Waals surface area contributed by atoms with Crippen LogP contribution in [0.4, 0.5) is 18.9 Å². The lowest BCUT2D eigenvalue weighted by molar-refractivity contribution is -0.141. The van der Waals surface area contributed by atoms with Crippen molar-refractivity contribution in [2.45, 2.75) is 10.4 Å². The van der Waals surface area contributed by atoms with Gasteiger partial charge in [-0.2, -0.15) is 18.3 Å². The Bertz CT molecular complexity index is 1110. The number of nitrogens with one attached hydrogen (secondary N) is 2. The van der Waals surface area contributed by atoms with Crippen LogP contribution in [0.2, 0.25) is 0 Å². The maximum absolute atomic E-state index is 12.7. The summed E-state index contributed by atoms with van der Waals surface area (Å²) in [5.41, 5.74) is -0.723. The molecule has 0 aliphatic carbocycles. The van der Waals surface area contributed by atoms with Crippen LogP contribution >= 0.6 is 11.3 Å². The number of nitrogens with zero attached hydrogens (tertiary/aromatic N) is 1. The van der Waals surface area contributed by atoms with Crippen LogP contribution in [0.1, 0.15) is 5.69 Å². The maximum Gasteiger partial charge on any atom is 0.432 e. The standard InChI is InChI=1S/C15H10F3N3O4S2/c16-15(17,18)13-6-9(19-20-13)12-3-4-14(26-12)27(22,23)21-8-1-2-10-11(5-8)25-7-24-10/h1-6,21H,7H2,(H,19,20). The Hall–Kier alpha value is -2.73. The predicted octanol–water partition coefficient (Wildman–Crippen LogP) is 3.69. The summed E-state index contributed by atoms with van der Waals surface area (Å²) in [6.45, 7) is 0.0589. The fourth-order valence-corrected chi connectivity index (χ4v) is 4.68. The van der Waals surface area contributed by atoms with Gasteiger partial charge in [0.2, 0.25) is 6.79 Å². The van der Waals surface area contributed by atoms with E-state index >= 15 is 0 Å². The number of ether oxygens (including phenoxy) is 2. The van der Waals surface area contributed by atoms with Gasteiger partial charge >= 0.3 is 6.18 Å². The van der Waals surface area contributed by atoms with Crippen LogP contribution in [-0.2, 0) is 16.2 Å². The number of fused-ring (bicyclic) bond motifs is 1. The van der Waals surface area contributed by atoms with Crippen LogP contribution in [-0.4, -0.2) is 25.4 Å². The molecular weight excluding hydrogens is 407 g/mol. The van der Waals surface area contributed by atoms with Gasteiger partial charge in [-0.25, -0.2) is 8.42 Å². The van der Waals surface area contributed by atoms with Gasteiger partial charge in [0.15, 0.2) is 11.5 Å². The van der Waals surface area contributed by atoms with E-state index in [0.717, 1.165) is 17.4 Å². The summed E-state index contributed by atoms with van der Waals surface area (Å²) < 4.78 is 75.7. The van der Waals surface area contributed by atoms with E-state index in [1.165, 1.54) is 24.3 Å². The Kier molecular flexibility index (Phi) is 4.03. The van der Waals surface area contributed by atoms with Crippen molar-refractivity contribution in [1.29, 1.82) is 0 Å². The molecule has 1 aliphatic heterocycles. The number of hydrogen-bond acceptors (Lipinski definition) is 6. The van der Waals surface area contributed by atoms with E-state index in [4.69, 9.17) is 9.47 Å². The molecule has 0 saturated carbocycles. The van der Waals surface area contributed by atoms with Crippen molar-refractivity contribution in [3.8, 4) is 22.1 Å². The normalized spacial score (nSPS) is 13.7. The molecule has 1 aromatic carbocycles. The largest absolute Gasteiger partial charge is 0.454 e. The number of H-pyrrole nitrogens is 1. The fourth-order valence-electron chi connectivity index (χ4n) is 2.36. The highest BCUT2D eigenvalue weighted by atomic mass is 32.2. The maximum atomic E-state index is 12.7. The molecular formula is C15H10F3N3O4S2. The Labute approximate surface area is 154 Å². The highest BCUT2D eigenvalue weighted by Crippen LogP contribution is 2.37. The summed E-state index contributed by atoms with van der Waals surface area (Å²) >= 11 is 0.805. The monoisotopic (exact) mass is 417 g/mol. The summed E-state index contributed by atoms with van der Waals surface area (Å²) in [4.78, 5) is 0.285. The molecule has 0 amide bonds. The van der Waals surface area contributed by atoms with Gasteiger partial charge in [-0.15, -0.1) is 11.3 Å². The molecule has 0 atom stereocenters. The average Bonchev–Trinajstić information content (AvgIpc) is 3.32. The SMILES string of the molecule is O=S(=O)(Nc1ccc2c(c1)OCO2)c1ccc(-c2cc(C(F)(F)F)[nH]n2)s1. The second-order valence-electron chi connectivity index (χ2n) is 5.46. The number of thiophene rings is 1. The van der Waals surface area contributed by atoms with E-state index in [1.807, 2.05) is 5.10 Å². The van der Waals surface area contributed by atoms with Crippen molar-refractivity contribution in [3.63, 3.8) is 0 Å². The lowest BCUT2D eigenvalue weighted by Gasteiger charge is -2.06. The van der Waals surface area contributed by atoms with Gasteiger partial charge in [0.25, 0.3) is 10.0 Å². The molecule has 3 heterocycles. The lowest BCUT2D eigenvalue weighted by atomic mass is 10.3. The third kappa shape index (κ3) is 3.45. The van der Waals surface area contributed by atoms with Crippen LogP contribution in [0.25, 0.3) is 10.6 Å². The van der Waals surface area contributed by atoms with Crippen LogP contribution in [0.5, 0.6) is 11.5 Å². The summed E-state index contributed by atoms with van der Waals surface area (Å²) in [6, 6.07) is 8.10. The van der Waals surface area contributed by atoms with Gasteiger partial charge < -0.3 is 9.47 Å². The fraction of sp³-hybridized carbons (Fsp3) is 0.133. The molecule has 0 unspecified atom stereocenters. The van der Waals surface area contributed by atoms with Crippen LogP contribution in [0.15, 0.2) is 40.6 Å². The molecule has 0 radical (unpaired) electrons. The first-order chi connectivity index (χ1) is 12.7. The molecule has 3 aromatic rings. The van der Waals surface area contributed by atoms with Gasteiger partial charge in [-0.05, 0) is 30.3 Å². The third-order valence-corrected chi connectivity index (χ3v) is 6.59. The van der Waals surface area contributed by atoms with Gasteiger partial charge in [-0.3, -0.25) is 9.82 Å². The third-order valence-electron chi connectivity index (χ3n) is 3.61. The number of benzene rings is 1. The zero-order valence-corrected chi connectivity index (χ0v) is 14.8. The van der Waals surface area contributed by atoms with Gasteiger partial charge in [0, 0.05) is 6.07 Å². The van der Waals surface area contributed by atoms with Crippen LogP contribution in [0.3, 0.4) is 0 Å². The van der Waals surface area contributed by atoms with Crippen molar-refractivity contribution < 1.29 is 31.1 Å². The molecule has 27 heavy (non-hydrogen) atoms. The molecule has 0 saturated heterocycles. The first-order valence-corrected chi connectivity index (χ1v) is 9.68. The second-order valence-corrected chi connectivity index (χ2v) is 8.45. The van der Waals surface area contributed by atoms with E-state index in [9.17, 15) is 21.6 Å². The Morgan fingerprint density at radius 3 is 2.63 bits per heavy atom. The molecule has 0 fully saturated rings. The minimum atomic E-state index is -4.56. The number of aromatic nitrogens is 2. The summed E-state index contributed by atoms with van der Waals surface area (Å²) in [5, 5.41) is 5.49. The second kappa shape index (κ2) is 6.16. The number of halogens is 3. The lowest BCUT2D eigenvalue weighted by Crippen LogP contribution is -2.11. The van der Waals surface area contributed by atoms with Crippen molar-refractivity contribution >= 4 is 27.0 Å². The van der Waals surface area contributed by atoms with Crippen molar-refractivity contribution in [2.75, 3.05) is 11.5 Å². The first kappa shape index (κ1) is 17.7. The summed E-state index contributed by atoms with van der Waals surface area (Å²) in [7, 11) is -3.93. The predicted molar refractivity (Wildman–Crippen MR) is 90.3 cm³/mol. The molecule has 0 bridgehead atoms. The molecule has 7 nitrogen and oxygen atoms in total. The zero-order valence-electron chi connectivity index (χ0n) is 13.2. The minimum absolute atomic E-state index is 0.0110. The number of alkyl halides is 3. The molecule has 12 heteroatoms. The van der Waals surface area contributed by atoms with E-state index in [0.29, 0.717) is 11.5 Å². The van der Waals surface area contributed by atoms with Gasteiger partial charge in [0.1, 0.15) is 15.6 Å². The number of hydrogen-bond donors (Lipinski definition) is 2. The molecule has 2 aromatic heterocycles. The topological polar surface area (TPSA) is 93.3 Å². The molecule has 4 rings (SSSR count). The molecule has 0 spiro atoms. The summed E-state index contributed by atoms with van der Waals surface area (Å²) in [5.74, 6) is 0.925. The number of sulfonamides is 1. The van der Waals surface area contributed by atoms with Crippen molar-refractivity contribution in [3.05, 3.63) is 42.1 Å². The van der Waals surface area contributed by atoms with Crippen molar-refractivity contribution in [1.82, 2.24) is 10.2 Å². The first-order valence-electron chi connectivity index (χ1n) is 7.38. The van der Waals surface area contributed by atoms with E-state index in [2.05, 4.69) is 9.82 Å². The smallest absolute Gasteiger partial charge is 0.432 e. The van der Waals surface area contributed by atoms with Crippen LogP contribution < -0.4 is 14.2 Å². The van der Waals surface area contributed by atoms with Gasteiger partial charge in [-0.1, -0.05) is 0 Å². The quantitative estimate of drug-likeness (QED) is 0.676. The number of aromatic amines is 1. The van der Waals surface area contributed by atoms with Crippen molar-refractivity contribution in [2.24, 2.45) is 0 Å². The van der Waals surface area contributed by atoms with Crippen LogP contribution in [0, 0.1) is 0 Å². The molecule has 1 aliphatic rings. The Morgan fingerprint density at radius 1 is 1.11 bits per heavy atom. The van der Waals surface area contributed by atoms with E-state index in [-0.39, 0.29) is 27.3 Å².